The van der Waals surface area contributed by atoms with Crippen molar-refractivity contribution in [3.8, 4) is 0 Å². The maximum atomic E-state index is 4.84. The first-order valence-electron chi connectivity index (χ1n) is 6.04. The van der Waals surface area contributed by atoms with Gasteiger partial charge in [0.15, 0.2) is 0 Å². The van der Waals surface area contributed by atoms with Crippen molar-refractivity contribution in [1.82, 2.24) is 10.3 Å². The average Bonchev–Trinajstić information content (AvgIpc) is 2.99. The van der Waals surface area contributed by atoms with Gasteiger partial charge in [-0.25, -0.2) is 4.98 Å². The first kappa shape index (κ1) is 9.79. The third kappa shape index (κ3) is 1.83. The maximum absolute atomic E-state index is 4.84. The molecule has 0 aliphatic heterocycles. The summed E-state index contributed by atoms with van der Waals surface area (Å²) in [5.74, 6) is 0.864. The Bertz CT molecular complexity index is 331. The molecule has 0 radical (unpaired) electrons. The van der Waals surface area contributed by atoms with E-state index in [4.69, 9.17) is 4.98 Å². The minimum absolute atomic E-state index is 0.542. The van der Waals surface area contributed by atoms with E-state index in [2.05, 4.69) is 12.4 Å². The highest BCUT2D eigenvalue weighted by Crippen LogP contribution is 2.43. The summed E-state index contributed by atoms with van der Waals surface area (Å²) in [7, 11) is 2.07. The van der Waals surface area contributed by atoms with Crippen LogP contribution < -0.4 is 5.32 Å². The van der Waals surface area contributed by atoms with Gasteiger partial charge in [0, 0.05) is 4.88 Å². The third-order valence-electron chi connectivity index (χ3n) is 3.53. The molecule has 1 aromatic heterocycles. The summed E-state index contributed by atoms with van der Waals surface area (Å²) >= 11 is 1.96. The van der Waals surface area contributed by atoms with E-state index in [1.165, 1.54) is 49.2 Å². The van der Waals surface area contributed by atoms with Gasteiger partial charge in [-0.3, -0.25) is 0 Å². The van der Waals surface area contributed by atoms with Gasteiger partial charge in [0.05, 0.1) is 11.7 Å². The van der Waals surface area contributed by atoms with Gasteiger partial charge < -0.3 is 5.32 Å². The first-order valence-corrected chi connectivity index (χ1v) is 6.86. The summed E-state index contributed by atoms with van der Waals surface area (Å²) in [5.41, 5.74) is 1.40. The summed E-state index contributed by atoms with van der Waals surface area (Å²) in [5, 5.41) is 4.79. The van der Waals surface area contributed by atoms with Gasteiger partial charge in [-0.1, -0.05) is 0 Å². The van der Waals surface area contributed by atoms with Crippen LogP contribution in [0.3, 0.4) is 0 Å². The molecule has 3 rings (SSSR count). The molecule has 82 valence electrons. The van der Waals surface area contributed by atoms with E-state index in [9.17, 15) is 0 Å². The Morgan fingerprint density at radius 3 is 2.80 bits per heavy atom. The molecule has 0 amide bonds. The summed E-state index contributed by atoms with van der Waals surface area (Å²) in [6.45, 7) is 0. The molecule has 0 aromatic carbocycles. The smallest absolute Gasteiger partial charge is 0.110 e. The van der Waals surface area contributed by atoms with Crippen LogP contribution in [0, 0.1) is 5.92 Å². The second kappa shape index (κ2) is 3.87. The molecule has 1 unspecified atom stereocenters. The molecular formula is C12H18N2S. The maximum Gasteiger partial charge on any atom is 0.110 e. The fraction of sp³-hybridized carbons (Fsp3) is 0.750. The number of thiazole rings is 1. The largest absolute Gasteiger partial charge is 0.311 e. The Morgan fingerprint density at radius 2 is 2.13 bits per heavy atom. The molecule has 1 saturated carbocycles. The standard InChI is InChI=1S/C12H18N2S/c1-13-11(8-6-7-8)12-14-9-4-2-3-5-10(9)15-12/h8,11,13H,2-7H2,1H3. The van der Waals surface area contributed by atoms with Crippen LogP contribution in [0.25, 0.3) is 0 Å². The van der Waals surface area contributed by atoms with Crippen molar-refractivity contribution < 1.29 is 0 Å². The highest BCUT2D eigenvalue weighted by molar-refractivity contribution is 7.11. The topological polar surface area (TPSA) is 24.9 Å². The zero-order valence-corrected chi connectivity index (χ0v) is 10.1. The van der Waals surface area contributed by atoms with E-state index in [1.54, 1.807) is 4.88 Å². The molecule has 2 aliphatic rings. The fourth-order valence-corrected chi connectivity index (χ4v) is 3.85. The highest BCUT2D eigenvalue weighted by atomic mass is 32.1. The summed E-state index contributed by atoms with van der Waals surface area (Å²) < 4.78 is 0. The number of aryl methyl sites for hydroxylation is 2. The monoisotopic (exact) mass is 222 g/mol. The molecule has 1 heterocycles. The van der Waals surface area contributed by atoms with E-state index in [0.29, 0.717) is 6.04 Å². The van der Waals surface area contributed by atoms with E-state index in [-0.39, 0.29) is 0 Å². The molecule has 1 aromatic rings. The first-order chi connectivity index (χ1) is 7.38. The zero-order valence-electron chi connectivity index (χ0n) is 9.25. The lowest BCUT2D eigenvalue weighted by atomic mass is 10.0. The van der Waals surface area contributed by atoms with Crippen molar-refractivity contribution in [3.05, 3.63) is 15.6 Å². The Balaban J connectivity index is 1.87. The number of aromatic nitrogens is 1. The average molecular weight is 222 g/mol. The fourth-order valence-electron chi connectivity index (χ4n) is 2.50. The summed E-state index contributed by atoms with van der Waals surface area (Å²) in [6.07, 6.45) is 7.96. The Kier molecular flexibility index (Phi) is 2.53. The van der Waals surface area contributed by atoms with Crippen LogP contribution in [-0.4, -0.2) is 12.0 Å². The number of hydrogen-bond acceptors (Lipinski definition) is 3. The quantitative estimate of drug-likeness (QED) is 0.850. The van der Waals surface area contributed by atoms with Crippen molar-refractivity contribution in [2.45, 2.75) is 44.6 Å². The van der Waals surface area contributed by atoms with Crippen LogP contribution in [0.4, 0.5) is 0 Å². The van der Waals surface area contributed by atoms with Crippen molar-refractivity contribution in [1.29, 1.82) is 0 Å². The zero-order chi connectivity index (χ0) is 10.3. The number of fused-ring (bicyclic) bond motifs is 1. The van der Waals surface area contributed by atoms with Gasteiger partial charge in [-0.05, 0) is 51.5 Å². The van der Waals surface area contributed by atoms with Gasteiger partial charge in [0.1, 0.15) is 5.01 Å². The second-order valence-electron chi connectivity index (χ2n) is 4.73. The van der Waals surface area contributed by atoms with Crippen LogP contribution in [0.1, 0.15) is 47.3 Å². The van der Waals surface area contributed by atoms with Gasteiger partial charge in [-0.15, -0.1) is 11.3 Å². The predicted octanol–water partition coefficient (Wildman–Crippen LogP) is 2.69. The van der Waals surface area contributed by atoms with Gasteiger partial charge in [-0.2, -0.15) is 0 Å². The van der Waals surface area contributed by atoms with Crippen LogP contribution in [-0.2, 0) is 12.8 Å². The molecule has 0 saturated heterocycles. The number of nitrogens with zero attached hydrogens (tertiary/aromatic N) is 1. The molecule has 15 heavy (non-hydrogen) atoms. The van der Waals surface area contributed by atoms with Crippen molar-refractivity contribution in [2.24, 2.45) is 5.92 Å². The predicted molar refractivity (Wildman–Crippen MR) is 63.3 cm³/mol. The minimum atomic E-state index is 0.542. The van der Waals surface area contributed by atoms with Crippen molar-refractivity contribution >= 4 is 11.3 Å². The molecule has 2 nitrogen and oxygen atoms in total. The second-order valence-corrected chi connectivity index (χ2v) is 5.85. The molecular weight excluding hydrogens is 204 g/mol. The van der Waals surface area contributed by atoms with Crippen LogP contribution in [0.2, 0.25) is 0 Å². The molecule has 0 spiro atoms. The van der Waals surface area contributed by atoms with E-state index in [0.717, 1.165) is 5.92 Å². The molecule has 1 atom stereocenters. The van der Waals surface area contributed by atoms with Gasteiger partial charge in [0.25, 0.3) is 0 Å². The van der Waals surface area contributed by atoms with Gasteiger partial charge in [0.2, 0.25) is 0 Å². The molecule has 1 fully saturated rings. The van der Waals surface area contributed by atoms with E-state index < -0.39 is 0 Å². The number of hydrogen-bond donors (Lipinski definition) is 1. The lowest BCUT2D eigenvalue weighted by molar-refractivity contribution is 0.524. The van der Waals surface area contributed by atoms with E-state index >= 15 is 0 Å². The molecule has 3 heteroatoms. The summed E-state index contributed by atoms with van der Waals surface area (Å²) in [4.78, 5) is 6.41. The number of rotatable bonds is 3. The Hall–Kier alpha value is -0.410. The van der Waals surface area contributed by atoms with Crippen molar-refractivity contribution in [2.75, 3.05) is 7.05 Å². The van der Waals surface area contributed by atoms with Crippen LogP contribution >= 0.6 is 11.3 Å². The Labute approximate surface area is 95.1 Å². The SMILES string of the molecule is CNC(c1nc2c(s1)CCCC2)C1CC1. The Morgan fingerprint density at radius 1 is 1.33 bits per heavy atom. The third-order valence-corrected chi connectivity index (χ3v) is 4.77. The molecule has 0 bridgehead atoms. The highest BCUT2D eigenvalue weighted by Gasteiger charge is 2.33. The lowest BCUT2D eigenvalue weighted by Crippen LogP contribution is -2.18. The number of nitrogens with one attached hydrogen (secondary N) is 1. The lowest BCUT2D eigenvalue weighted by Gasteiger charge is -2.11. The van der Waals surface area contributed by atoms with Crippen LogP contribution in [0.15, 0.2) is 0 Å². The summed E-state index contributed by atoms with van der Waals surface area (Å²) in [6, 6.07) is 0.542. The van der Waals surface area contributed by atoms with Crippen LogP contribution in [0.5, 0.6) is 0 Å². The van der Waals surface area contributed by atoms with E-state index in [1.807, 2.05) is 11.3 Å². The minimum Gasteiger partial charge on any atom is -0.311 e. The molecule has 1 N–H and O–H groups in total. The van der Waals surface area contributed by atoms with Gasteiger partial charge >= 0.3 is 0 Å². The van der Waals surface area contributed by atoms with Crippen molar-refractivity contribution in [3.63, 3.8) is 0 Å². The normalized spacial score (nSPS) is 22.5. The molecule has 2 aliphatic carbocycles.